The number of azide groups is 1. The highest BCUT2D eigenvalue weighted by atomic mass is 32.2. The number of rotatable bonds is 5. The van der Waals surface area contributed by atoms with Gasteiger partial charge < -0.3 is 0 Å². The van der Waals surface area contributed by atoms with Gasteiger partial charge in [-0.05, 0) is 34.4 Å². The van der Waals surface area contributed by atoms with Crippen LogP contribution in [0.4, 0.5) is 8.78 Å². The van der Waals surface area contributed by atoms with E-state index in [2.05, 4.69) is 10.0 Å². The van der Waals surface area contributed by atoms with Crippen molar-refractivity contribution in [1.82, 2.24) is 0 Å². The van der Waals surface area contributed by atoms with Gasteiger partial charge in [-0.3, -0.25) is 9.59 Å². The van der Waals surface area contributed by atoms with Crippen LogP contribution in [0.15, 0.2) is 22.1 Å². The molecule has 2 atom stereocenters. The predicted molar refractivity (Wildman–Crippen MR) is 79.3 cm³/mol. The topological polar surface area (TPSA) is 82.9 Å². The Hall–Kier alpha value is -1.92. The van der Waals surface area contributed by atoms with Crippen molar-refractivity contribution in [1.29, 1.82) is 0 Å². The summed E-state index contributed by atoms with van der Waals surface area (Å²) in [5.74, 6) is -3.43. The van der Waals surface area contributed by atoms with Crippen LogP contribution in [0.3, 0.4) is 0 Å². The van der Waals surface area contributed by atoms with Crippen LogP contribution in [0.25, 0.3) is 10.4 Å². The van der Waals surface area contributed by atoms with Crippen LogP contribution in [-0.4, -0.2) is 11.0 Å². The van der Waals surface area contributed by atoms with E-state index in [-0.39, 0.29) is 21.8 Å². The highest BCUT2D eigenvalue weighted by molar-refractivity contribution is 8.13. The molecule has 0 aliphatic heterocycles. The Labute approximate surface area is 130 Å². The van der Waals surface area contributed by atoms with Crippen molar-refractivity contribution in [2.24, 2.45) is 17.0 Å². The highest BCUT2D eigenvalue weighted by Gasteiger charge is 2.23. The first-order valence-corrected chi connectivity index (χ1v) is 7.43. The third-order valence-electron chi connectivity index (χ3n) is 3.47. The van der Waals surface area contributed by atoms with Crippen LogP contribution in [0.5, 0.6) is 0 Å². The standard InChI is InChI=1S/C14H15F2N3O2S/c1-4-7(2)8(3)14(21)22-12-5-9(13(20)18-19-17)10(15)6-11(12)16/h5-8H,4H2,1-3H3. The lowest BCUT2D eigenvalue weighted by Gasteiger charge is -2.16. The Morgan fingerprint density at radius 2 is 1.95 bits per heavy atom. The largest absolute Gasteiger partial charge is 0.287 e. The maximum atomic E-state index is 13.8. The van der Waals surface area contributed by atoms with Gasteiger partial charge in [0.25, 0.3) is 5.91 Å². The summed E-state index contributed by atoms with van der Waals surface area (Å²) in [5, 5.41) is 2.49. The molecular weight excluding hydrogens is 312 g/mol. The number of nitrogens with zero attached hydrogens (tertiary/aromatic N) is 3. The summed E-state index contributed by atoms with van der Waals surface area (Å²) in [4.78, 5) is 25.6. The number of thioether (sulfide) groups is 1. The Morgan fingerprint density at radius 1 is 1.32 bits per heavy atom. The molecule has 0 spiro atoms. The molecule has 0 fully saturated rings. The summed E-state index contributed by atoms with van der Waals surface area (Å²) in [7, 11) is 0. The first-order valence-electron chi connectivity index (χ1n) is 6.61. The molecule has 1 rings (SSSR count). The maximum Gasteiger partial charge on any atom is 0.252 e. The Balaban J connectivity index is 3.10. The fourth-order valence-corrected chi connectivity index (χ4v) is 2.62. The zero-order chi connectivity index (χ0) is 16.9. The number of hydrogen-bond acceptors (Lipinski definition) is 3. The van der Waals surface area contributed by atoms with Gasteiger partial charge in [0.15, 0.2) is 5.12 Å². The Kier molecular flexibility index (Phi) is 6.52. The summed E-state index contributed by atoms with van der Waals surface area (Å²) < 4.78 is 27.3. The van der Waals surface area contributed by atoms with Gasteiger partial charge in [0.1, 0.15) is 11.6 Å². The Morgan fingerprint density at radius 3 is 2.50 bits per heavy atom. The van der Waals surface area contributed by atoms with Crippen LogP contribution >= 0.6 is 11.8 Å². The molecule has 0 N–H and O–H groups in total. The van der Waals surface area contributed by atoms with Crippen molar-refractivity contribution < 1.29 is 18.4 Å². The second-order valence-corrected chi connectivity index (χ2v) is 5.90. The molecule has 1 aromatic carbocycles. The highest BCUT2D eigenvalue weighted by Crippen LogP contribution is 2.30. The monoisotopic (exact) mass is 327 g/mol. The normalized spacial score (nSPS) is 13.1. The van der Waals surface area contributed by atoms with Crippen molar-refractivity contribution in [3.63, 3.8) is 0 Å². The molecule has 0 heterocycles. The van der Waals surface area contributed by atoms with Gasteiger partial charge in [-0.25, -0.2) is 8.78 Å². The summed E-state index contributed by atoms with van der Waals surface area (Å²) >= 11 is 0.613. The first-order chi connectivity index (χ1) is 10.3. The number of carbonyl (C=O) groups excluding carboxylic acids is 2. The minimum Gasteiger partial charge on any atom is -0.287 e. The van der Waals surface area contributed by atoms with E-state index < -0.39 is 23.1 Å². The molecular formula is C14H15F2N3O2S. The van der Waals surface area contributed by atoms with Crippen molar-refractivity contribution in [3.05, 3.63) is 39.8 Å². The average molecular weight is 327 g/mol. The molecule has 0 bridgehead atoms. The first kappa shape index (κ1) is 18.1. The van der Waals surface area contributed by atoms with E-state index >= 15 is 0 Å². The molecule has 1 amide bonds. The minimum atomic E-state index is -1.16. The summed E-state index contributed by atoms with van der Waals surface area (Å²) in [5.41, 5.74) is 7.64. The molecule has 0 aliphatic rings. The van der Waals surface area contributed by atoms with E-state index in [4.69, 9.17) is 5.53 Å². The van der Waals surface area contributed by atoms with Gasteiger partial charge in [-0.2, -0.15) is 0 Å². The van der Waals surface area contributed by atoms with Gasteiger partial charge >= 0.3 is 0 Å². The Bertz CT molecular complexity index is 645. The number of amides is 1. The van der Waals surface area contributed by atoms with Crippen molar-refractivity contribution in [3.8, 4) is 0 Å². The average Bonchev–Trinajstić information content (AvgIpc) is 2.48. The van der Waals surface area contributed by atoms with Gasteiger partial charge in [0, 0.05) is 16.9 Å². The SMILES string of the molecule is CCC(C)C(C)C(=O)Sc1cc(C(=O)N=[N+]=[N-])c(F)cc1F. The van der Waals surface area contributed by atoms with E-state index in [9.17, 15) is 18.4 Å². The van der Waals surface area contributed by atoms with E-state index in [0.29, 0.717) is 17.8 Å². The molecule has 0 aliphatic carbocycles. The summed E-state index contributed by atoms with van der Waals surface area (Å²) in [6.45, 7) is 5.58. The third-order valence-corrected chi connectivity index (χ3v) is 4.57. The lowest BCUT2D eigenvalue weighted by molar-refractivity contribution is -0.115. The van der Waals surface area contributed by atoms with Crippen molar-refractivity contribution >= 4 is 22.8 Å². The van der Waals surface area contributed by atoms with E-state index in [1.807, 2.05) is 13.8 Å². The molecule has 1 aromatic rings. The van der Waals surface area contributed by atoms with Crippen LogP contribution < -0.4 is 0 Å². The molecule has 5 nitrogen and oxygen atoms in total. The van der Waals surface area contributed by atoms with Crippen molar-refractivity contribution in [2.75, 3.05) is 0 Å². The van der Waals surface area contributed by atoms with E-state index in [1.54, 1.807) is 6.92 Å². The molecule has 8 heteroatoms. The fraction of sp³-hybridized carbons (Fsp3) is 0.429. The fourth-order valence-electron chi connectivity index (χ4n) is 1.65. The smallest absolute Gasteiger partial charge is 0.252 e. The number of halogens is 2. The van der Waals surface area contributed by atoms with Crippen LogP contribution in [0.1, 0.15) is 37.6 Å². The van der Waals surface area contributed by atoms with Gasteiger partial charge in [0.05, 0.1) is 10.5 Å². The lowest BCUT2D eigenvalue weighted by atomic mass is 9.95. The van der Waals surface area contributed by atoms with Gasteiger partial charge in [-0.15, -0.1) is 0 Å². The zero-order valence-corrected chi connectivity index (χ0v) is 13.2. The van der Waals surface area contributed by atoms with E-state index in [0.717, 1.165) is 12.5 Å². The molecule has 0 saturated carbocycles. The molecule has 0 radical (unpaired) electrons. The summed E-state index contributed by atoms with van der Waals surface area (Å²) in [6.07, 6.45) is 0.792. The molecule has 0 saturated heterocycles. The van der Waals surface area contributed by atoms with Crippen LogP contribution in [-0.2, 0) is 4.79 Å². The molecule has 2 unspecified atom stereocenters. The summed E-state index contributed by atoms with van der Waals surface area (Å²) in [6, 6.07) is 1.40. The van der Waals surface area contributed by atoms with Crippen LogP contribution in [0.2, 0.25) is 0 Å². The second-order valence-electron chi connectivity index (χ2n) is 4.85. The van der Waals surface area contributed by atoms with E-state index in [1.165, 1.54) is 0 Å². The minimum absolute atomic E-state index is 0.118. The maximum absolute atomic E-state index is 13.8. The molecule has 22 heavy (non-hydrogen) atoms. The number of benzene rings is 1. The number of hydrogen-bond donors (Lipinski definition) is 0. The van der Waals surface area contributed by atoms with Crippen LogP contribution in [0, 0.1) is 23.5 Å². The quantitative estimate of drug-likeness (QED) is 0.339. The van der Waals surface area contributed by atoms with Gasteiger partial charge in [0.2, 0.25) is 0 Å². The van der Waals surface area contributed by atoms with Crippen molar-refractivity contribution in [2.45, 2.75) is 32.1 Å². The van der Waals surface area contributed by atoms with Gasteiger partial charge in [-0.1, -0.05) is 27.2 Å². The third kappa shape index (κ3) is 4.29. The molecule has 0 aromatic heterocycles. The lowest BCUT2D eigenvalue weighted by Crippen LogP contribution is -2.15. The predicted octanol–water partition coefficient (Wildman–Crippen LogP) is 4.72. The zero-order valence-electron chi connectivity index (χ0n) is 12.3. The second kappa shape index (κ2) is 7.91. The molecule has 118 valence electrons. The number of carbonyl (C=O) groups is 2.